The molecule has 1 atom stereocenters. The smallest absolute Gasteiger partial charge is 0.249 e. The van der Waals surface area contributed by atoms with Gasteiger partial charge in [0.25, 0.3) is 0 Å². The van der Waals surface area contributed by atoms with E-state index in [1.807, 2.05) is 13.1 Å². The number of ether oxygens (including phenoxy) is 1. The first-order chi connectivity index (χ1) is 18.9. The third kappa shape index (κ3) is 5.48. The Labute approximate surface area is 232 Å². The van der Waals surface area contributed by atoms with Crippen LogP contribution in [-0.2, 0) is 4.79 Å². The van der Waals surface area contributed by atoms with Crippen LogP contribution in [0.4, 0.5) is 28.8 Å². The predicted molar refractivity (Wildman–Crippen MR) is 157 cm³/mol. The van der Waals surface area contributed by atoms with Gasteiger partial charge in [0.05, 0.1) is 19.0 Å². The zero-order valence-corrected chi connectivity index (χ0v) is 23.9. The molecule has 0 unspecified atom stereocenters. The van der Waals surface area contributed by atoms with E-state index in [0.717, 1.165) is 87.2 Å². The van der Waals surface area contributed by atoms with Crippen molar-refractivity contribution in [2.45, 2.75) is 45.2 Å². The number of allylic oxidation sites excluding steroid dienone is 1. The largest absolute Gasteiger partial charge is 0.495 e. The number of nitrogens with one attached hydrogen (secondary N) is 1. The SMILES string of the molecule is CC=CN1CCC(N2c3nc(Nc4cc(N5CCN(C)CC5)ccc4OC)ncc3N(C)C(=O)[C@H]2CC)CC1. The molecule has 1 N–H and O–H groups in total. The second-order valence-corrected chi connectivity index (χ2v) is 10.7. The van der Waals surface area contributed by atoms with Crippen LogP contribution < -0.4 is 24.8 Å². The monoisotopic (exact) mass is 534 g/mol. The fourth-order valence-corrected chi connectivity index (χ4v) is 5.96. The lowest BCUT2D eigenvalue weighted by molar-refractivity contribution is -0.120. The van der Waals surface area contributed by atoms with Gasteiger partial charge in [-0.2, -0.15) is 4.98 Å². The number of fused-ring (bicyclic) bond motifs is 1. The summed E-state index contributed by atoms with van der Waals surface area (Å²) in [5, 5.41) is 3.44. The van der Waals surface area contributed by atoms with Crippen molar-refractivity contribution in [2.75, 3.05) is 80.5 Å². The molecule has 2 fully saturated rings. The fourth-order valence-electron chi connectivity index (χ4n) is 5.96. The molecule has 210 valence electrons. The highest BCUT2D eigenvalue weighted by Crippen LogP contribution is 2.39. The first kappa shape index (κ1) is 27.1. The molecule has 10 nitrogen and oxygen atoms in total. The number of likely N-dealkylation sites (tertiary alicyclic amines) is 1. The minimum absolute atomic E-state index is 0.103. The Kier molecular flexibility index (Phi) is 8.11. The van der Waals surface area contributed by atoms with Crippen molar-refractivity contribution in [1.29, 1.82) is 0 Å². The van der Waals surface area contributed by atoms with E-state index < -0.39 is 0 Å². The molecular weight excluding hydrogens is 492 g/mol. The topological polar surface area (TPSA) is 80.3 Å². The Morgan fingerprint density at radius 1 is 1.10 bits per heavy atom. The number of benzene rings is 1. The van der Waals surface area contributed by atoms with Gasteiger partial charge in [0, 0.05) is 58.0 Å². The highest BCUT2D eigenvalue weighted by molar-refractivity contribution is 6.04. The number of piperidine rings is 1. The van der Waals surface area contributed by atoms with Crippen molar-refractivity contribution < 1.29 is 9.53 Å². The van der Waals surface area contributed by atoms with Gasteiger partial charge in [-0.05, 0) is 57.6 Å². The Bertz CT molecular complexity index is 1190. The third-order valence-corrected chi connectivity index (χ3v) is 8.24. The van der Waals surface area contributed by atoms with Crippen LogP contribution in [-0.4, -0.2) is 98.2 Å². The summed E-state index contributed by atoms with van der Waals surface area (Å²) in [6, 6.07) is 6.23. The molecule has 0 bridgehead atoms. The average molecular weight is 535 g/mol. The van der Waals surface area contributed by atoms with Gasteiger partial charge >= 0.3 is 0 Å². The molecule has 4 heterocycles. The summed E-state index contributed by atoms with van der Waals surface area (Å²) in [6.45, 7) is 10.1. The maximum Gasteiger partial charge on any atom is 0.249 e. The number of nitrogens with zero attached hydrogens (tertiary/aromatic N) is 7. The summed E-state index contributed by atoms with van der Waals surface area (Å²) >= 11 is 0. The van der Waals surface area contributed by atoms with E-state index in [4.69, 9.17) is 9.72 Å². The first-order valence-corrected chi connectivity index (χ1v) is 14.1. The Morgan fingerprint density at radius 2 is 1.85 bits per heavy atom. The Morgan fingerprint density at radius 3 is 2.51 bits per heavy atom. The quantitative estimate of drug-likeness (QED) is 0.574. The molecule has 1 aromatic carbocycles. The molecule has 0 saturated carbocycles. The van der Waals surface area contributed by atoms with E-state index in [0.29, 0.717) is 5.95 Å². The molecule has 2 aromatic rings. The van der Waals surface area contributed by atoms with Crippen molar-refractivity contribution in [2.24, 2.45) is 0 Å². The first-order valence-electron chi connectivity index (χ1n) is 14.1. The number of carbonyl (C=O) groups is 1. The standard InChI is InChI=1S/C29H42N8O2/c1-6-12-35-13-10-21(11-14-35)37-24(7-2)28(38)34(4)25-20-30-29(32-27(25)37)31-23-19-22(8-9-26(23)39-5)36-17-15-33(3)16-18-36/h6,8-9,12,19-21,24H,7,10-11,13-18H2,1-5H3,(H,30,31,32)/t24-/m1/s1. The molecular formula is C29H42N8O2. The predicted octanol–water partition coefficient (Wildman–Crippen LogP) is 3.54. The number of hydrogen-bond acceptors (Lipinski definition) is 9. The highest BCUT2D eigenvalue weighted by Gasteiger charge is 2.41. The van der Waals surface area contributed by atoms with Crippen molar-refractivity contribution >= 4 is 34.7 Å². The van der Waals surface area contributed by atoms with Gasteiger partial charge in [0.15, 0.2) is 5.82 Å². The normalized spacial score (nSPS) is 21.1. The fraction of sp³-hybridized carbons (Fsp3) is 0.552. The molecule has 0 spiro atoms. The number of rotatable bonds is 7. The van der Waals surface area contributed by atoms with Gasteiger partial charge in [-0.15, -0.1) is 0 Å². The molecule has 0 aliphatic carbocycles. The van der Waals surface area contributed by atoms with Crippen LogP contribution in [0.15, 0.2) is 36.7 Å². The Balaban J connectivity index is 1.45. The van der Waals surface area contributed by atoms with Crippen LogP contribution in [0.5, 0.6) is 5.75 Å². The van der Waals surface area contributed by atoms with Crippen molar-refractivity contribution in [3.63, 3.8) is 0 Å². The van der Waals surface area contributed by atoms with Crippen molar-refractivity contribution in [3.8, 4) is 5.75 Å². The maximum absolute atomic E-state index is 13.4. The van der Waals surface area contributed by atoms with E-state index in [-0.39, 0.29) is 18.0 Å². The number of piperazine rings is 1. The average Bonchev–Trinajstić information content (AvgIpc) is 2.96. The van der Waals surface area contributed by atoms with Crippen molar-refractivity contribution in [1.82, 2.24) is 19.8 Å². The van der Waals surface area contributed by atoms with Crippen LogP contribution >= 0.6 is 0 Å². The second-order valence-electron chi connectivity index (χ2n) is 10.7. The van der Waals surface area contributed by atoms with Crippen LogP contribution in [0.1, 0.15) is 33.1 Å². The van der Waals surface area contributed by atoms with Gasteiger partial charge in [-0.3, -0.25) is 4.79 Å². The van der Waals surface area contributed by atoms with E-state index in [1.165, 1.54) is 0 Å². The van der Waals surface area contributed by atoms with Gasteiger partial charge in [-0.1, -0.05) is 13.0 Å². The lowest BCUT2D eigenvalue weighted by Gasteiger charge is -2.46. The summed E-state index contributed by atoms with van der Waals surface area (Å²) in [5.74, 6) is 2.16. The van der Waals surface area contributed by atoms with E-state index >= 15 is 0 Å². The van der Waals surface area contributed by atoms with Crippen molar-refractivity contribution in [3.05, 3.63) is 36.7 Å². The number of likely N-dealkylation sites (N-methyl/N-ethyl adjacent to an activating group) is 2. The minimum atomic E-state index is -0.237. The third-order valence-electron chi connectivity index (χ3n) is 8.24. The number of methoxy groups -OCH3 is 1. The molecule has 10 heteroatoms. The molecule has 3 aliphatic rings. The summed E-state index contributed by atoms with van der Waals surface area (Å²) in [6.07, 6.45) is 8.70. The Hall–Kier alpha value is -3.53. The van der Waals surface area contributed by atoms with E-state index in [2.05, 4.69) is 75.2 Å². The second kappa shape index (κ2) is 11.7. The number of hydrogen-bond donors (Lipinski definition) is 1. The van der Waals surface area contributed by atoms with Crippen LogP contribution in [0.3, 0.4) is 0 Å². The molecule has 5 rings (SSSR count). The minimum Gasteiger partial charge on any atom is -0.495 e. The van der Waals surface area contributed by atoms with E-state index in [1.54, 1.807) is 18.2 Å². The molecule has 2 saturated heterocycles. The van der Waals surface area contributed by atoms with Gasteiger partial charge in [0.1, 0.15) is 17.5 Å². The maximum atomic E-state index is 13.4. The zero-order valence-electron chi connectivity index (χ0n) is 23.9. The number of aromatic nitrogens is 2. The van der Waals surface area contributed by atoms with Crippen LogP contribution in [0.2, 0.25) is 0 Å². The van der Waals surface area contributed by atoms with E-state index in [9.17, 15) is 4.79 Å². The summed E-state index contributed by atoms with van der Waals surface area (Å²) in [7, 11) is 5.67. The van der Waals surface area contributed by atoms with Crippen LogP contribution in [0, 0.1) is 0 Å². The lowest BCUT2D eigenvalue weighted by atomic mass is 9.97. The molecule has 3 aliphatic heterocycles. The number of carbonyl (C=O) groups excluding carboxylic acids is 1. The van der Waals surface area contributed by atoms with Gasteiger partial charge < -0.3 is 34.6 Å². The van der Waals surface area contributed by atoms with Gasteiger partial charge in [0.2, 0.25) is 11.9 Å². The summed E-state index contributed by atoms with van der Waals surface area (Å²) in [5.41, 5.74) is 2.73. The molecule has 39 heavy (non-hydrogen) atoms. The highest BCUT2D eigenvalue weighted by atomic mass is 16.5. The number of amides is 1. The lowest BCUT2D eigenvalue weighted by Crippen LogP contribution is -2.58. The zero-order chi connectivity index (χ0) is 27.5. The number of anilines is 5. The molecule has 1 aromatic heterocycles. The van der Waals surface area contributed by atoms with Gasteiger partial charge in [-0.25, -0.2) is 4.98 Å². The summed E-state index contributed by atoms with van der Waals surface area (Å²) in [4.78, 5) is 34.1. The van der Waals surface area contributed by atoms with Crippen LogP contribution in [0.25, 0.3) is 0 Å². The molecule has 0 radical (unpaired) electrons. The summed E-state index contributed by atoms with van der Waals surface area (Å²) < 4.78 is 5.68. The molecule has 1 amide bonds.